The van der Waals surface area contributed by atoms with Gasteiger partial charge in [-0.3, -0.25) is 4.79 Å². The molecule has 0 aromatic heterocycles. The number of amides is 1. The van der Waals surface area contributed by atoms with Gasteiger partial charge in [0.05, 0.1) is 17.2 Å². The number of hydrogen-bond donors (Lipinski definition) is 2. The zero-order chi connectivity index (χ0) is 19.1. The van der Waals surface area contributed by atoms with Crippen molar-refractivity contribution in [3.05, 3.63) is 29.3 Å². The number of carbonyl (C=O) groups excluding carboxylic acids is 1. The molecule has 0 bridgehead atoms. The number of benzene rings is 1. The van der Waals surface area contributed by atoms with Crippen molar-refractivity contribution in [1.29, 1.82) is 5.26 Å². The predicted molar refractivity (Wildman–Crippen MR) is 89.1 cm³/mol. The molecule has 1 aromatic carbocycles. The molecule has 1 aromatic rings. The van der Waals surface area contributed by atoms with Gasteiger partial charge in [0.15, 0.2) is 0 Å². The molecule has 5 nitrogen and oxygen atoms in total. The average Bonchev–Trinajstić information content (AvgIpc) is 2.45. The molecule has 0 aliphatic heterocycles. The molecule has 0 saturated carbocycles. The highest BCUT2D eigenvalue weighted by Gasteiger charge is 2.34. The minimum Gasteiger partial charge on any atom is -0.379 e. The number of nitrogens with zero attached hydrogens (tertiary/aromatic N) is 1. The molecule has 0 spiro atoms. The molecular formula is C12H10BrCl2F3N2O3S. The van der Waals surface area contributed by atoms with Crippen LogP contribution in [0, 0.1) is 11.3 Å². The summed E-state index contributed by atoms with van der Waals surface area (Å²) in [6.07, 6.45) is -4.70. The van der Waals surface area contributed by atoms with Crippen LogP contribution in [0.15, 0.2) is 18.2 Å². The molecular weight excluding hydrogens is 460 g/mol. The van der Waals surface area contributed by atoms with Crippen molar-refractivity contribution in [2.24, 2.45) is 0 Å². The lowest BCUT2D eigenvalue weighted by atomic mass is 10.1. The number of aliphatic hydroxyl groups is 1. The van der Waals surface area contributed by atoms with Crippen molar-refractivity contribution in [3.63, 3.8) is 0 Å². The molecule has 0 aliphatic carbocycles. The van der Waals surface area contributed by atoms with Gasteiger partial charge < -0.3 is 10.4 Å². The lowest BCUT2D eigenvalue weighted by Crippen LogP contribution is -2.41. The van der Waals surface area contributed by atoms with E-state index in [1.807, 2.05) is 0 Å². The van der Waals surface area contributed by atoms with Gasteiger partial charge in [0.25, 0.3) is 5.91 Å². The second-order valence-electron chi connectivity index (χ2n) is 4.42. The summed E-state index contributed by atoms with van der Waals surface area (Å²) in [4.78, 5) is 11.6. The third-order valence-corrected chi connectivity index (χ3v) is 3.54. The third kappa shape index (κ3) is 7.81. The highest BCUT2D eigenvalue weighted by Crippen LogP contribution is 2.33. The van der Waals surface area contributed by atoms with E-state index in [9.17, 15) is 23.1 Å². The Morgan fingerprint density at radius 2 is 1.96 bits per heavy atom. The van der Waals surface area contributed by atoms with Gasteiger partial charge in [-0.25, -0.2) is 4.21 Å². The highest BCUT2D eigenvalue weighted by molar-refractivity contribution is 9.09. The molecule has 134 valence electrons. The maximum atomic E-state index is 12.7. The smallest absolute Gasteiger partial charge is 0.379 e. The molecule has 0 fully saturated rings. The van der Waals surface area contributed by atoms with Crippen molar-refractivity contribution in [3.8, 4) is 6.07 Å². The number of hydrogen-bond acceptors (Lipinski definition) is 4. The first-order chi connectivity index (χ1) is 10.8. The standard InChI is InChI=1S/C12H10BrF3N2O2.Cl2OS/c1-11(20,6-13)10(19)18-8-3-2-7(5-17)9(4-8)12(14,15)16;1-4(2)3/h2-4,20H,6H2,1H3,(H,18,19);/t11-;/m0./s1. The molecule has 0 radical (unpaired) electrons. The fourth-order valence-corrected chi connectivity index (χ4v) is 1.54. The summed E-state index contributed by atoms with van der Waals surface area (Å²) in [5, 5.41) is 20.4. The van der Waals surface area contributed by atoms with Crippen molar-refractivity contribution >= 4 is 58.1 Å². The largest absolute Gasteiger partial charge is 0.417 e. The molecule has 1 amide bonds. The van der Waals surface area contributed by atoms with Gasteiger partial charge in [-0.2, -0.15) is 18.4 Å². The minimum absolute atomic E-state index is 0.0752. The summed E-state index contributed by atoms with van der Waals surface area (Å²) in [5.41, 5.74) is -3.59. The van der Waals surface area contributed by atoms with Crippen molar-refractivity contribution in [2.45, 2.75) is 18.7 Å². The Labute approximate surface area is 155 Å². The van der Waals surface area contributed by atoms with Gasteiger partial charge in [-0.05, 0) is 25.1 Å². The van der Waals surface area contributed by atoms with Crippen molar-refractivity contribution < 1.29 is 27.3 Å². The van der Waals surface area contributed by atoms with E-state index in [0.29, 0.717) is 6.07 Å². The van der Waals surface area contributed by atoms with Crippen LogP contribution < -0.4 is 5.32 Å². The summed E-state index contributed by atoms with van der Waals surface area (Å²) in [7, 11) is 7.36. The van der Waals surface area contributed by atoms with Crippen LogP contribution >= 0.6 is 37.3 Å². The zero-order valence-corrected chi connectivity index (χ0v) is 15.7. The molecule has 0 unspecified atom stereocenters. The second-order valence-corrected chi connectivity index (χ2v) is 7.50. The monoisotopic (exact) mass is 468 g/mol. The molecule has 1 atom stereocenters. The zero-order valence-electron chi connectivity index (χ0n) is 11.8. The Hall–Kier alpha value is -0.860. The summed E-state index contributed by atoms with van der Waals surface area (Å²) < 4.78 is 47.3. The number of nitrogens with one attached hydrogen (secondary N) is 1. The van der Waals surface area contributed by atoms with Crippen LogP contribution in [0.2, 0.25) is 0 Å². The van der Waals surface area contributed by atoms with E-state index >= 15 is 0 Å². The summed E-state index contributed by atoms with van der Waals surface area (Å²) in [5.74, 6) is -0.854. The van der Waals surface area contributed by atoms with E-state index in [4.69, 9.17) is 9.47 Å². The van der Waals surface area contributed by atoms with Gasteiger partial charge >= 0.3 is 6.18 Å². The summed E-state index contributed by atoms with van der Waals surface area (Å²) in [6.45, 7) is 1.21. The van der Waals surface area contributed by atoms with E-state index in [-0.39, 0.29) is 11.0 Å². The Kier molecular flexibility index (Phi) is 9.24. The van der Waals surface area contributed by atoms with Crippen molar-refractivity contribution in [2.75, 3.05) is 10.6 Å². The van der Waals surface area contributed by atoms with Gasteiger partial charge in [0.2, 0.25) is 9.23 Å². The number of anilines is 1. The SMILES string of the molecule is C[C@](O)(CBr)C(=O)Nc1ccc(C#N)c(C(F)(F)F)c1.O=S(Cl)Cl. The fourth-order valence-electron chi connectivity index (χ4n) is 1.28. The molecule has 1 rings (SSSR count). The van der Waals surface area contributed by atoms with Gasteiger partial charge in [0.1, 0.15) is 5.60 Å². The Morgan fingerprint density at radius 1 is 1.46 bits per heavy atom. The Balaban J connectivity index is 0.00000118. The van der Waals surface area contributed by atoms with Crippen LogP contribution in [0.5, 0.6) is 0 Å². The van der Waals surface area contributed by atoms with Crippen molar-refractivity contribution in [1.82, 2.24) is 0 Å². The molecule has 24 heavy (non-hydrogen) atoms. The average molecular weight is 470 g/mol. The fraction of sp³-hybridized carbons (Fsp3) is 0.333. The first kappa shape index (κ1) is 23.1. The Morgan fingerprint density at radius 3 is 2.33 bits per heavy atom. The molecule has 2 N–H and O–H groups in total. The van der Waals surface area contributed by atoms with Crippen LogP contribution in [-0.4, -0.2) is 26.2 Å². The van der Waals surface area contributed by atoms with E-state index in [1.165, 1.54) is 13.0 Å². The van der Waals surface area contributed by atoms with Gasteiger partial charge in [-0.1, -0.05) is 15.9 Å². The van der Waals surface area contributed by atoms with E-state index < -0.39 is 38.0 Å². The van der Waals surface area contributed by atoms with E-state index in [2.05, 4.69) is 42.6 Å². The van der Waals surface area contributed by atoms with Crippen LogP contribution in [0.4, 0.5) is 18.9 Å². The number of rotatable bonds is 3. The first-order valence-electron chi connectivity index (χ1n) is 5.80. The first-order valence-corrected chi connectivity index (χ1v) is 9.73. The second kappa shape index (κ2) is 9.58. The molecule has 0 heterocycles. The molecule has 0 saturated heterocycles. The maximum Gasteiger partial charge on any atom is 0.417 e. The Bertz CT molecular complexity index is 662. The van der Waals surface area contributed by atoms with Gasteiger partial charge in [-0.15, -0.1) is 0 Å². The third-order valence-electron chi connectivity index (χ3n) is 2.45. The van der Waals surface area contributed by atoms with Gasteiger partial charge in [0, 0.05) is 32.4 Å². The van der Waals surface area contributed by atoms with Crippen LogP contribution in [0.1, 0.15) is 18.1 Å². The lowest BCUT2D eigenvalue weighted by molar-refractivity contribution is -0.137. The van der Waals surface area contributed by atoms with E-state index in [0.717, 1.165) is 12.1 Å². The minimum atomic E-state index is -4.70. The quantitative estimate of drug-likeness (QED) is 0.521. The number of alkyl halides is 4. The normalized spacial score (nSPS) is 13.3. The van der Waals surface area contributed by atoms with Crippen LogP contribution in [0.25, 0.3) is 0 Å². The number of nitriles is 1. The topological polar surface area (TPSA) is 90.2 Å². The highest BCUT2D eigenvalue weighted by atomic mass is 79.9. The summed E-state index contributed by atoms with van der Waals surface area (Å²) >= 11 is 2.92. The predicted octanol–water partition coefficient (Wildman–Crippen LogP) is 3.70. The molecule has 0 aliphatic rings. The lowest BCUT2D eigenvalue weighted by Gasteiger charge is -2.20. The van der Waals surface area contributed by atoms with E-state index in [1.54, 1.807) is 0 Å². The number of carbonyl (C=O) groups is 1. The number of halogens is 6. The molecule has 12 heteroatoms. The van der Waals surface area contributed by atoms with Crippen LogP contribution in [-0.2, 0) is 20.2 Å². The maximum absolute atomic E-state index is 12.7. The van der Waals surface area contributed by atoms with Crippen LogP contribution in [0.3, 0.4) is 0 Å². The summed E-state index contributed by atoms with van der Waals surface area (Å²) in [6, 6.07) is 4.21.